The van der Waals surface area contributed by atoms with E-state index < -0.39 is 6.29 Å². The van der Waals surface area contributed by atoms with Gasteiger partial charge in [0.25, 0.3) is 0 Å². The molecule has 0 aliphatic carbocycles. The number of hydrogen-bond donors (Lipinski definition) is 2. The molecule has 32 heavy (non-hydrogen) atoms. The molecule has 4 rings (SSSR count). The third-order valence-corrected chi connectivity index (χ3v) is 6.02. The molecule has 0 saturated carbocycles. The molecule has 9 heteroatoms. The van der Waals surface area contributed by atoms with Gasteiger partial charge in [-0.1, -0.05) is 59.6 Å². The van der Waals surface area contributed by atoms with E-state index in [1.807, 2.05) is 48.5 Å². The normalized spacial score (nSPS) is 20.8. The van der Waals surface area contributed by atoms with Gasteiger partial charge in [-0.3, -0.25) is 4.79 Å². The van der Waals surface area contributed by atoms with Gasteiger partial charge in [0.05, 0.1) is 31.7 Å². The number of rotatable bonds is 6. The predicted molar refractivity (Wildman–Crippen MR) is 121 cm³/mol. The van der Waals surface area contributed by atoms with Gasteiger partial charge >= 0.3 is 0 Å². The average molecular weight is 476 g/mol. The highest BCUT2D eigenvalue weighted by atomic mass is 35.5. The molecule has 1 aliphatic heterocycles. The van der Waals surface area contributed by atoms with Crippen molar-refractivity contribution in [2.24, 2.45) is 0 Å². The van der Waals surface area contributed by atoms with Crippen molar-refractivity contribution in [2.45, 2.75) is 45.0 Å². The van der Waals surface area contributed by atoms with Gasteiger partial charge in [-0.15, -0.1) is 0 Å². The molecule has 2 aromatic carbocycles. The zero-order valence-corrected chi connectivity index (χ0v) is 18.9. The Morgan fingerprint density at radius 1 is 1.12 bits per heavy atom. The molecule has 7 nitrogen and oxygen atoms in total. The Morgan fingerprint density at radius 2 is 1.81 bits per heavy atom. The summed E-state index contributed by atoms with van der Waals surface area (Å²) in [6.45, 7) is 1.92. The lowest BCUT2D eigenvalue weighted by Gasteiger charge is -2.36. The molecule has 0 radical (unpaired) electrons. The number of aliphatic hydroxyl groups is 1. The number of imidazole rings is 1. The van der Waals surface area contributed by atoms with Crippen LogP contribution in [0.1, 0.15) is 42.4 Å². The summed E-state index contributed by atoms with van der Waals surface area (Å²) in [7, 11) is 0. The average Bonchev–Trinajstić information content (AvgIpc) is 3.11. The highest BCUT2D eigenvalue weighted by molar-refractivity contribution is 6.40. The second-order valence-corrected chi connectivity index (χ2v) is 8.35. The number of nitrogens with one attached hydrogen (secondary N) is 1. The van der Waals surface area contributed by atoms with E-state index in [2.05, 4.69) is 10.3 Å². The van der Waals surface area contributed by atoms with Gasteiger partial charge < -0.3 is 24.5 Å². The van der Waals surface area contributed by atoms with Crippen molar-refractivity contribution in [3.05, 3.63) is 81.9 Å². The number of amides is 1. The number of hydrogen-bond acceptors (Lipinski definition) is 5. The summed E-state index contributed by atoms with van der Waals surface area (Å²) in [6.07, 6.45) is 1.14. The fraction of sp³-hybridized carbons (Fsp3) is 0.304. The van der Waals surface area contributed by atoms with Gasteiger partial charge in [-0.05, 0) is 23.3 Å². The van der Waals surface area contributed by atoms with Gasteiger partial charge in [-0.25, -0.2) is 4.98 Å². The number of ether oxygens (including phenoxy) is 2. The van der Waals surface area contributed by atoms with E-state index in [9.17, 15) is 9.90 Å². The van der Waals surface area contributed by atoms with E-state index in [1.165, 1.54) is 6.92 Å². The fourth-order valence-corrected chi connectivity index (χ4v) is 3.96. The molecule has 1 aliphatic rings. The van der Waals surface area contributed by atoms with Crippen LogP contribution in [0.25, 0.3) is 0 Å². The topological polar surface area (TPSA) is 85.6 Å². The smallest absolute Gasteiger partial charge is 0.221 e. The van der Waals surface area contributed by atoms with Crippen LogP contribution in [0.5, 0.6) is 0 Å². The molecular formula is C23H23Cl2N3O4. The number of benzene rings is 2. The zero-order valence-electron chi connectivity index (χ0n) is 17.4. The van der Waals surface area contributed by atoms with E-state index in [0.717, 1.165) is 16.7 Å². The summed E-state index contributed by atoms with van der Waals surface area (Å²) in [5, 5.41) is 12.7. The Hall–Kier alpha value is -2.42. The minimum atomic E-state index is -0.611. The van der Waals surface area contributed by atoms with E-state index >= 15 is 0 Å². The largest absolute Gasteiger partial charge is 0.392 e. The third kappa shape index (κ3) is 5.31. The van der Waals surface area contributed by atoms with Crippen LogP contribution in [0.4, 0.5) is 5.69 Å². The van der Waals surface area contributed by atoms with E-state index in [1.54, 1.807) is 10.9 Å². The van der Waals surface area contributed by atoms with Gasteiger partial charge in [0, 0.05) is 24.6 Å². The van der Waals surface area contributed by atoms with Gasteiger partial charge in [0.2, 0.25) is 5.91 Å². The van der Waals surface area contributed by atoms with Gasteiger partial charge in [0.15, 0.2) is 11.4 Å². The first-order valence-electron chi connectivity index (χ1n) is 10.2. The Morgan fingerprint density at radius 3 is 2.41 bits per heavy atom. The van der Waals surface area contributed by atoms with Gasteiger partial charge in [0.1, 0.15) is 5.15 Å². The monoisotopic (exact) mass is 475 g/mol. The van der Waals surface area contributed by atoms with Crippen LogP contribution in [0.2, 0.25) is 10.3 Å². The number of carbonyl (C=O) groups is 1. The van der Waals surface area contributed by atoms with E-state index in [4.69, 9.17) is 32.7 Å². The Balaban J connectivity index is 1.58. The summed E-state index contributed by atoms with van der Waals surface area (Å²) >= 11 is 12.2. The number of carbonyl (C=O) groups excluding carboxylic acids is 1. The first-order chi connectivity index (χ1) is 15.4. The van der Waals surface area contributed by atoms with Crippen LogP contribution < -0.4 is 5.32 Å². The molecule has 1 amide bonds. The molecule has 2 heterocycles. The van der Waals surface area contributed by atoms with Crippen molar-refractivity contribution in [3.8, 4) is 0 Å². The van der Waals surface area contributed by atoms with E-state index in [0.29, 0.717) is 23.8 Å². The first-order valence-corrected chi connectivity index (χ1v) is 10.9. The summed E-state index contributed by atoms with van der Waals surface area (Å²) < 4.78 is 14.3. The maximum absolute atomic E-state index is 11.3. The Kier molecular flexibility index (Phi) is 7.13. The lowest BCUT2D eigenvalue weighted by molar-refractivity contribution is -0.252. The molecule has 0 bridgehead atoms. The molecule has 1 fully saturated rings. The molecular weight excluding hydrogens is 453 g/mol. The zero-order chi connectivity index (χ0) is 22.7. The molecule has 3 aromatic rings. The number of aliphatic hydroxyl groups excluding tert-OH is 1. The second-order valence-electron chi connectivity index (χ2n) is 7.63. The SMILES string of the molecule is CC(=O)Nc1ccc([C@@H]2O[C@H](Cn3cnc(Cl)c3Cl)C[C@H](c3ccc(CO)cc3)O2)cc1. The number of nitrogens with zero attached hydrogens (tertiary/aromatic N) is 2. The maximum Gasteiger partial charge on any atom is 0.221 e. The van der Waals surface area contributed by atoms with Crippen molar-refractivity contribution in [1.29, 1.82) is 0 Å². The maximum atomic E-state index is 11.3. The summed E-state index contributed by atoms with van der Waals surface area (Å²) in [4.78, 5) is 15.3. The molecule has 2 N–H and O–H groups in total. The lowest BCUT2D eigenvalue weighted by Crippen LogP contribution is -2.32. The van der Waals surface area contributed by atoms with Crippen LogP contribution in [0.15, 0.2) is 54.9 Å². The molecule has 3 atom stereocenters. The van der Waals surface area contributed by atoms with E-state index in [-0.39, 0.29) is 29.9 Å². The fourth-order valence-electron chi connectivity index (χ4n) is 3.65. The van der Waals surface area contributed by atoms with Crippen LogP contribution in [-0.4, -0.2) is 26.7 Å². The molecule has 168 valence electrons. The number of anilines is 1. The standard InChI is InChI=1S/C23H23Cl2N3O4/c1-14(30)27-18-8-6-17(7-9-18)23-31-19(11-28-13-26-21(24)22(28)25)10-20(32-23)16-4-2-15(12-29)3-5-16/h2-9,13,19-20,23,29H,10-12H2,1H3,(H,27,30)/t19-,20+,23+/m0/s1. The summed E-state index contributed by atoms with van der Waals surface area (Å²) in [6, 6.07) is 15.0. The van der Waals surface area contributed by atoms with Crippen LogP contribution >= 0.6 is 23.2 Å². The molecule has 0 unspecified atom stereocenters. The first kappa shape index (κ1) is 22.8. The van der Waals surface area contributed by atoms with Crippen molar-refractivity contribution in [2.75, 3.05) is 5.32 Å². The number of halogens is 2. The second kappa shape index (κ2) is 10.0. The van der Waals surface area contributed by atoms with Crippen molar-refractivity contribution in [3.63, 3.8) is 0 Å². The summed E-state index contributed by atoms with van der Waals surface area (Å²) in [5.74, 6) is -0.134. The minimum Gasteiger partial charge on any atom is -0.392 e. The van der Waals surface area contributed by atoms with Crippen molar-refractivity contribution >= 4 is 34.8 Å². The Bertz CT molecular complexity index is 1070. The lowest BCUT2D eigenvalue weighted by atomic mass is 10.00. The van der Waals surface area contributed by atoms with Crippen LogP contribution in [-0.2, 0) is 27.4 Å². The quantitative estimate of drug-likeness (QED) is 0.530. The predicted octanol–water partition coefficient (Wildman–Crippen LogP) is 4.89. The summed E-state index contributed by atoms with van der Waals surface area (Å²) in [5.41, 5.74) is 3.35. The van der Waals surface area contributed by atoms with Crippen molar-refractivity contribution < 1.29 is 19.4 Å². The minimum absolute atomic E-state index is 0.0132. The van der Waals surface area contributed by atoms with Crippen LogP contribution in [0.3, 0.4) is 0 Å². The third-order valence-electron chi connectivity index (χ3n) is 5.25. The van der Waals surface area contributed by atoms with Gasteiger partial charge in [-0.2, -0.15) is 0 Å². The highest BCUT2D eigenvalue weighted by Crippen LogP contribution is 2.39. The van der Waals surface area contributed by atoms with Crippen molar-refractivity contribution in [1.82, 2.24) is 9.55 Å². The van der Waals surface area contributed by atoms with Crippen LogP contribution in [0, 0.1) is 0 Å². The molecule has 1 saturated heterocycles. The highest BCUT2D eigenvalue weighted by Gasteiger charge is 2.32. The molecule has 1 aromatic heterocycles. The number of aromatic nitrogens is 2. The Labute approximate surface area is 195 Å². The molecule has 0 spiro atoms.